The number of carboxylic acid groups (broad SMARTS) is 1. The van der Waals surface area contributed by atoms with Gasteiger partial charge < -0.3 is 29.1 Å². The van der Waals surface area contributed by atoms with Crippen molar-refractivity contribution in [2.24, 2.45) is 0 Å². The first kappa shape index (κ1) is 43.0. The van der Waals surface area contributed by atoms with Crippen LogP contribution in [0.15, 0.2) is 54.6 Å². The zero-order valence-electron chi connectivity index (χ0n) is 34.5. The largest absolute Gasteiger partial charge is 0.481 e. The Kier molecular flexibility index (Phi) is 11.5. The van der Waals surface area contributed by atoms with Gasteiger partial charge in [0.15, 0.2) is 5.54 Å². The number of hydrogen-bond acceptors (Lipinski definition) is 8. The highest BCUT2D eigenvalue weighted by atomic mass is 32.2. The van der Waals surface area contributed by atoms with Crippen molar-refractivity contribution in [2.45, 2.75) is 78.3 Å². The molecule has 0 aliphatic carbocycles. The Balaban J connectivity index is 1.61. The van der Waals surface area contributed by atoms with Gasteiger partial charge in [-0.2, -0.15) is 8.42 Å². The molecular weight excluding hydrogens is 782 g/mol. The molecule has 1 atom stereocenters. The molecule has 3 heterocycles. The molecule has 0 saturated carbocycles. The number of amides is 1. The minimum absolute atomic E-state index is 0.00921. The molecule has 3 aromatic rings. The summed E-state index contributed by atoms with van der Waals surface area (Å²) in [5.41, 5.74) is 6.15. The van der Waals surface area contributed by atoms with Crippen molar-refractivity contribution in [2.75, 3.05) is 44.9 Å². The molecule has 1 amide bonds. The summed E-state index contributed by atoms with van der Waals surface area (Å²) in [5.74, 6) is -1.20. The van der Waals surface area contributed by atoms with E-state index in [1.54, 1.807) is 6.07 Å². The van der Waals surface area contributed by atoms with Crippen LogP contribution >= 0.6 is 7.60 Å². The second-order valence-electron chi connectivity index (χ2n) is 16.6. The molecule has 3 aliphatic rings. The van der Waals surface area contributed by atoms with E-state index in [2.05, 4.69) is 63.2 Å². The van der Waals surface area contributed by atoms with Crippen LogP contribution in [0.25, 0.3) is 16.7 Å². The average molecular weight is 835 g/mol. The van der Waals surface area contributed by atoms with E-state index in [0.717, 1.165) is 38.2 Å². The number of unbranched alkanes of at least 4 members (excludes halogenated alkanes) is 2. The number of carbonyl (C=O) groups is 2. The summed E-state index contributed by atoms with van der Waals surface area (Å²) in [7, 11) is -3.48. The van der Waals surface area contributed by atoms with Crippen molar-refractivity contribution in [1.82, 2.24) is 9.48 Å². The third-order valence-corrected chi connectivity index (χ3v) is 13.7. The molecule has 3 aromatic carbocycles. The van der Waals surface area contributed by atoms with Crippen molar-refractivity contribution in [3.63, 3.8) is 0 Å². The molecule has 0 fully saturated rings. The van der Waals surface area contributed by atoms with Crippen LogP contribution in [0, 0.1) is 0 Å². The van der Waals surface area contributed by atoms with E-state index in [1.165, 1.54) is 19.2 Å². The van der Waals surface area contributed by atoms with Crippen molar-refractivity contribution in [3.05, 3.63) is 93.0 Å². The lowest BCUT2D eigenvalue weighted by Gasteiger charge is -2.41. The van der Waals surface area contributed by atoms with Crippen LogP contribution in [0.5, 0.6) is 11.5 Å². The van der Waals surface area contributed by atoms with Crippen LogP contribution in [0.1, 0.15) is 99.8 Å². The van der Waals surface area contributed by atoms with Gasteiger partial charge >= 0.3 is 13.6 Å². The zero-order chi connectivity index (χ0) is 42.7. The molecule has 15 heteroatoms. The maximum absolute atomic E-state index is 14.5. The summed E-state index contributed by atoms with van der Waals surface area (Å²) in [6, 6.07) is 12.5. The quantitative estimate of drug-likeness (QED) is 0.0680. The number of nitrogens with zero attached hydrogens (tertiary/aromatic N) is 3. The second kappa shape index (κ2) is 15.5. The fraction of sp³-hybridized carbons (Fsp3) is 0.419. The Morgan fingerprint density at radius 3 is 2.29 bits per heavy atom. The predicted molar refractivity (Wildman–Crippen MR) is 226 cm³/mol. The Hall–Kier alpha value is -4.59. The number of fused-ring (bicyclic) bond motifs is 4. The molecule has 58 heavy (non-hydrogen) atoms. The Bertz CT molecular complexity index is 2590. The van der Waals surface area contributed by atoms with Crippen LogP contribution in [-0.2, 0) is 24.0 Å². The standard InChI is InChI=1S/C43H52N3O10PS/c1-26-24-42(3,4)45(8)35-22-37-33(20-30(26)35)40(34-21-31-27(2)25-43(5,6)46(9)36(31)23-38(34)56-37)29-15-14-28(57(50,51)55-17-12-10-11-13-39(47)48)19-32(29)41(49)44(7)16-18-58(52,53)54/h14-15,19-25H,10-13,16-18H2,1-9H3,(H2-,47,48,50,51,52,53,54)/p+1. The average Bonchev–Trinajstić information content (AvgIpc) is 3.13. The van der Waals surface area contributed by atoms with Gasteiger partial charge in [0, 0.05) is 85.7 Å². The lowest BCUT2D eigenvalue weighted by atomic mass is 9.83. The maximum atomic E-state index is 14.5. The molecule has 310 valence electrons. The van der Waals surface area contributed by atoms with Crippen LogP contribution < -0.4 is 30.1 Å². The minimum Gasteiger partial charge on any atom is -0.481 e. The van der Waals surface area contributed by atoms with E-state index >= 15 is 0 Å². The van der Waals surface area contributed by atoms with E-state index in [9.17, 15) is 32.0 Å². The molecular formula is C43H53N3O10PS+. The van der Waals surface area contributed by atoms with E-state index in [4.69, 9.17) is 14.4 Å². The molecule has 13 nitrogen and oxygen atoms in total. The van der Waals surface area contributed by atoms with Gasteiger partial charge in [0.2, 0.25) is 5.36 Å². The number of allylic oxidation sites excluding steroid dienone is 2. The van der Waals surface area contributed by atoms with Crippen molar-refractivity contribution < 1.29 is 46.4 Å². The minimum atomic E-state index is -4.51. The van der Waals surface area contributed by atoms with E-state index in [0.29, 0.717) is 52.7 Å². The van der Waals surface area contributed by atoms with Gasteiger partial charge in [-0.3, -0.25) is 18.7 Å². The number of carbonyl (C=O) groups excluding carboxylic acids is 1. The third kappa shape index (κ3) is 8.44. The molecule has 0 radical (unpaired) electrons. The van der Waals surface area contributed by atoms with Gasteiger partial charge in [-0.05, 0) is 87.6 Å². The van der Waals surface area contributed by atoms with E-state index in [1.807, 2.05) is 38.4 Å². The molecule has 3 aliphatic heterocycles. The maximum Gasteiger partial charge on any atom is 0.358 e. The van der Waals surface area contributed by atoms with Gasteiger partial charge in [-0.25, -0.2) is 4.58 Å². The van der Waals surface area contributed by atoms with Gasteiger partial charge in [-0.1, -0.05) is 18.6 Å². The van der Waals surface area contributed by atoms with Crippen molar-refractivity contribution in [3.8, 4) is 11.5 Å². The monoisotopic (exact) mass is 834 g/mol. The zero-order valence-corrected chi connectivity index (χ0v) is 36.3. The number of benzene rings is 3. The lowest BCUT2D eigenvalue weighted by molar-refractivity contribution is -0.137. The Morgan fingerprint density at radius 1 is 0.931 bits per heavy atom. The topological polar surface area (TPSA) is 174 Å². The van der Waals surface area contributed by atoms with Gasteiger partial charge in [-0.15, -0.1) is 0 Å². The normalized spacial score (nSPS) is 17.5. The smallest absolute Gasteiger partial charge is 0.358 e. The number of rotatable bonds is 13. The molecule has 0 spiro atoms. The number of likely N-dealkylation sites (N-methyl/N-ethyl adjacent to an activating group) is 2. The Morgan fingerprint density at radius 2 is 1.62 bits per heavy atom. The highest BCUT2D eigenvalue weighted by molar-refractivity contribution is 7.85. The summed E-state index contributed by atoms with van der Waals surface area (Å²) in [6.45, 7) is 12.2. The van der Waals surface area contributed by atoms with Crippen molar-refractivity contribution >= 4 is 57.3 Å². The molecule has 1 unspecified atom stereocenters. The molecule has 6 rings (SSSR count). The first-order valence-electron chi connectivity index (χ1n) is 19.3. The van der Waals surface area contributed by atoms with Crippen molar-refractivity contribution in [1.29, 1.82) is 0 Å². The van der Waals surface area contributed by atoms with Crippen LogP contribution in [-0.4, -0.2) is 90.9 Å². The summed E-state index contributed by atoms with van der Waals surface area (Å²) in [4.78, 5) is 40.0. The van der Waals surface area contributed by atoms with E-state index < -0.39 is 35.3 Å². The Labute approximate surface area is 339 Å². The van der Waals surface area contributed by atoms with Crippen LogP contribution in [0.2, 0.25) is 0 Å². The van der Waals surface area contributed by atoms with Crippen LogP contribution in [0.4, 0.5) is 5.69 Å². The van der Waals surface area contributed by atoms with Gasteiger partial charge in [0.05, 0.1) is 29.3 Å². The summed E-state index contributed by atoms with van der Waals surface area (Å²) in [5, 5.41) is 10.4. The van der Waals surface area contributed by atoms with E-state index in [-0.39, 0.29) is 41.5 Å². The first-order valence-corrected chi connectivity index (χ1v) is 22.4. The molecule has 0 aromatic heterocycles. The molecule has 0 saturated heterocycles. The third-order valence-electron chi connectivity index (χ3n) is 11.6. The predicted octanol–water partition coefficient (Wildman–Crippen LogP) is 5.42. The number of anilines is 1. The second-order valence-corrected chi connectivity index (χ2v) is 20.0. The number of aliphatic carboxylic acids is 1. The summed E-state index contributed by atoms with van der Waals surface area (Å²) < 4.78 is 61.3. The lowest BCUT2D eigenvalue weighted by Crippen LogP contribution is -2.47. The summed E-state index contributed by atoms with van der Waals surface area (Å²) >= 11 is 0. The highest BCUT2D eigenvalue weighted by Crippen LogP contribution is 2.47. The number of carboxylic acids is 1. The fourth-order valence-corrected chi connectivity index (χ4v) is 9.53. The molecule has 3 N–H and O–H groups in total. The fourth-order valence-electron chi connectivity index (χ4n) is 7.95. The summed E-state index contributed by atoms with van der Waals surface area (Å²) in [6.07, 6.45) is 5.58. The van der Waals surface area contributed by atoms with Gasteiger partial charge in [0.1, 0.15) is 18.5 Å². The number of hydrogen-bond donors (Lipinski definition) is 3. The van der Waals surface area contributed by atoms with Crippen LogP contribution in [0.3, 0.4) is 0 Å². The first-order chi connectivity index (χ1) is 26.9. The number of ether oxygens (including phenoxy) is 1. The SMILES string of the molecule is CC1=CC(C)(C)N(C)c2cc3c(cc21)C(c1ccc(P(=O)(O)OCCCCCC(=O)O)cc1C(=O)N(C)CCS(=O)(=O)O)=c1cc2c(cc1O3)=[N+](C)C(C)(C)C=C2C. The van der Waals surface area contributed by atoms with Gasteiger partial charge in [0.25, 0.3) is 16.0 Å². The highest BCUT2D eigenvalue weighted by Gasteiger charge is 2.36. The molecule has 0 bridgehead atoms.